The van der Waals surface area contributed by atoms with Crippen molar-refractivity contribution in [3.63, 3.8) is 0 Å². The summed E-state index contributed by atoms with van der Waals surface area (Å²) in [7, 11) is 1.14. The van der Waals surface area contributed by atoms with Gasteiger partial charge in [-0.1, -0.05) is 265 Å². The molecule has 0 fully saturated rings. The van der Waals surface area contributed by atoms with Crippen molar-refractivity contribution in [3.8, 4) is 0 Å². The second-order valence-corrected chi connectivity index (χ2v) is 25.0. The highest BCUT2D eigenvalue weighted by molar-refractivity contribution is 7.45. The number of ether oxygens (including phenoxy) is 1. The minimum Gasteiger partial charge on any atom is -0.756 e. The minimum atomic E-state index is -4.72. The van der Waals surface area contributed by atoms with Gasteiger partial charge >= 0.3 is 5.97 Å². The van der Waals surface area contributed by atoms with Crippen LogP contribution in [0.5, 0.6) is 0 Å². The molecule has 0 aliphatic heterocycles. The van der Waals surface area contributed by atoms with Gasteiger partial charge in [0.15, 0.2) is 0 Å². The van der Waals surface area contributed by atoms with Crippen LogP contribution in [-0.2, 0) is 27.9 Å². The van der Waals surface area contributed by atoms with Crippen LogP contribution in [-0.4, -0.2) is 69.4 Å². The number of allylic oxidation sites excluding steroid dienone is 19. The fraction of sp³-hybridized carbons (Fsp3) is 0.699. The van der Waals surface area contributed by atoms with E-state index >= 15 is 0 Å². The normalized spacial score (nSPS) is 14.3. The van der Waals surface area contributed by atoms with Gasteiger partial charge in [0.05, 0.1) is 33.8 Å². The highest BCUT2D eigenvalue weighted by Gasteiger charge is 2.27. The first kappa shape index (κ1) is 79.4. The third-order valence-corrected chi connectivity index (χ3v) is 15.3. The number of rotatable bonds is 60. The Hall–Kier alpha value is -3.59. The monoisotopic (exact) mass is 1170 g/mol. The van der Waals surface area contributed by atoms with Gasteiger partial charge in [0.1, 0.15) is 19.3 Å². The average Bonchev–Trinajstić information content (AvgIpc) is 3.51. The van der Waals surface area contributed by atoms with Crippen molar-refractivity contribution in [1.82, 2.24) is 5.32 Å². The molecule has 3 atom stereocenters. The number of esters is 1. The van der Waals surface area contributed by atoms with Crippen molar-refractivity contribution < 1.29 is 37.3 Å². The largest absolute Gasteiger partial charge is 0.756 e. The van der Waals surface area contributed by atoms with Gasteiger partial charge in [-0.05, 0) is 122 Å². The number of unbranched alkanes of at least 4 members (excludes halogenated alkanes) is 26. The molecule has 10 heteroatoms. The average molecular weight is 1180 g/mol. The summed E-state index contributed by atoms with van der Waals surface area (Å²) in [5.41, 5.74) is 0. The van der Waals surface area contributed by atoms with E-state index in [1.54, 1.807) is 0 Å². The molecule has 0 spiro atoms. The highest BCUT2D eigenvalue weighted by Crippen LogP contribution is 2.38. The van der Waals surface area contributed by atoms with Gasteiger partial charge in [0.2, 0.25) is 5.91 Å². The quantitative estimate of drug-likeness (QED) is 0.0212. The summed E-state index contributed by atoms with van der Waals surface area (Å²) in [4.78, 5) is 40.1. The number of carbonyl (C=O) groups excluding carboxylic acids is 2. The Morgan fingerprint density at radius 1 is 0.434 bits per heavy atom. The lowest BCUT2D eigenvalue weighted by Crippen LogP contribution is -2.47. The lowest BCUT2D eigenvalue weighted by Gasteiger charge is -2.30. The first-order valence-electron chi connectivity index (χ1n) is 33.8. The van der Waals surface area contributed by atoms with E-state index in [1.807, 2.05) is 33.3 Å². The molecule has 0 saturated heterocycles. The summed E-state index contributed by atoms with van der Waals surface area (Å²) < 4.78 is 30.3. The molecule has 3 unspecified atom stereocenters. The summed E-state index contributed by atoms with van der Waals surface area (Å²) in [5, 5.41) is 3.01. The topological polar surface area (TPSA) is 114 Å². The maximum Gasteiger partial charge on any atom is 0.306 e. The number of phosphoric ester groups is 1. The maximum atomic E-state index is 13.5. The van der Waals surface area contributed by atoms with Crippen molar-refractivity contribution in [2.75, 3.05) is 40.9 Å². The third kappa shape index (κ3) is 62.8. The molecule has 0 radical (unpaired) electrons. The van der Waals surface area contributed by atoms with Gasteiger partial charge < -0.3 is 28.5 Å². The zero-order valence-electron chi connectivity index (χ0n) is 54.4. The van der Waals surface area contributed by atoms with Crippen molar-refractivity contribution in [3.05, 3.63) is 122 Å². The van der Waals surface area contributed by atoms with Crippen LogP contribution in [0.25, 0.3) is 0 Å². The molecule has 0 bridgehead atoms. The first-order chi connectivity index (χ1) is 40.4. The Kier molecular flexibility index (Phi) is 58.8. The maximum absolute atomic E-state index is 13.5. The van der Waals surface area contributed by atoms with Gasteiger partial charge in [0, 0.05) is 12.8 Å². The summed E-state index contributed by atoms with van der Waals surface area (Å²) in [5.74, 6) is -0.598. The van der Waals surface area contributed by atoms with Crippen LogP contribution in [0, 0.1) is 0 Å². The molecule has 0 aromatic rings. The van der Waals surface area contributed by atoms with E-state index < -0.39 is 26.6 Å². The number of carbonyl (C=O) groups is 2. The van der Waals surface area contributed by atoms with E-state index in [1.165, 1.54) is 128 Å². The number of hydrogen-bond donors (Lipinski definition) is 1. The van der Waals surface area contributed by atoms with Crippen LogP contribution in [0.15, 0.2) is 122 Å². The fourth-order valence-corrected chi connectivity index (χ4v) is 9.90. The van der Waals surface area contributed by atoms with Crippen molar-refractivity contribution in [2.45, 2.75) is 290 Å². The smallest absolute Gasteiger partial charge is 0.306 e. The molecule has 0 aromatic carbocycles. The SMILES string of the molecule is CC/C=C\C/C=C\C/C=C\C/C=C\C/C=C\C/C=C\CCCCC(=O)NC(COP(=O)([O-])OCC[N+](C)(C)C)C(/C=C/CCCCCCCCCCC)OC(=O)CCCCCCCCCCCCCC/C=C\C/C=C\C/C=C\CCCCC. The highest BCUT2D eigenvalue weighted by atomic mass is 31.2. The van der Waals surface area contributed by atoms with Gasteiger partial charge in [-0.15, -0.1) is 0 Å². The van der Waals surface area contributed by atoms with Gasteiger partial charge in [-0.2, -0.15) is 0 Å². The number of phosphoric acid groups is 1. The Balaban J connectivity index is 5.16. The molecule has 9 nitrogen and oxygen atoms in total. The third-order valence-electron chi connectivity index (χ3n) is 14.4. The van der Waals surface area contributed by atoms with E-state index in [0.29, 0.717) is 17.4 Å². The van der Waals surface area contributed by atoms with Crippen LogP contribution in [0.1, 0.15) is 278 Å². The lowest BCUT2D eigenvalue weighted by molar-refractivity contribution is -0.870. The number of amides is 1. The Morgan fingerprint density at radius 3 is 1.19 bits per heavy atom. The summed E-state index contributed by atoms with van der Waals surface area (Å²) in [6, 6.07) is -0.920. The van der Waals surface area contributed by atoms with Gasteiger partial charge in [-0.25, -0.2) is 0 Å². The molecule has 83 heavy (non-hydrogen) atoms. The fourth-order valence-electron chi connectivity index (χ4n) is 9.18. The second-order valence-electron chi connectivity index (χ2n) is 23.6. The predicted octanol–water partition coefficient (Wildman–Crippen LogP) is 20.8. The number of hydrogen-bond acceptors (Lipinski definition) is 7. The predicted molar refractivity (Wildman–Crippen MR) is 357 cm³/mol. The zero-order chi connectivity index (χ0) is 60.7. The Morgan fingerprint density at radius 2 is 0.771 bits per heavy atom. The van der Waals surface area contributed by atoms with E-state index in [2.05, 4.69) is 135 Å². The molecule has 1 amide bonds. The Bertz CT molecular complexity index is 1830. The van der Waals surface area contributed by atoms with Crippen LogP contribution < -0.4 is 10.2 Å². The van der Waals surface area contributed by atoms with Gasteiger partial charge in [-0.3, -0.25) is 14.2 Å². The van der Waals surface area contributed by atoms with Crippen LogP contribution in [0.4, 0.5) is 0 Å². The van der Waals surface area contributed by atoms with E-state index in [9.17, 15) is 19.0 Å². The molecule has 0 aliphatic carbocycles. The number of nitrogens with zero attached hydrogens (tertiary/aromatic N) is 1. The molecule has 0 aliphatic rings. The molecule has 0 rings (SSSR count). The minimum absolute atomic E-state index is 0.0371. The van der Waals surface area contributed by atoms with Crippen LogP contribution in [0.3, 0.4) is 0 Å². The molecule has 1 N–H and O–H groups in total. The molecule has 0 aromatic heterocycles. The van der Waals surface area contributed by atoms with Gasteiger partial charge in [0.25, 0.3) is 7.82 Å². The van der Waals surface area contributed by atoms with E-state index in [4.69, 9.17) is 13.8 Å². The summed E-state index contributed by atoms with van der Waals surface area (Å²) >= 11 is 0. The summed E-state index contributed by atoms with van der Waals surface area (Å²) in [6.07, 6.45) is 86.1. The number of quaternary nitrogens is 1. The lowest BCUT2D eigenvalue weighted by atomic mass is 10.0. The van der Waals surface area contributed by atoms with E-state index in [-0.39, 0.29) is 31.3 Å². The molecule has 0 heterocycles. The zero-order valence-corrected chi connectivity index (χ0v) is 55.3. The number of likely N-dealkylation sites (N-methyl/N-ethyl adjacent to an activating group) is 1. The van der Waals surface area contributed by atoms with Crippen LogP contribution in [0.2, 0.25) is 0 Å². The van der Waals surface area contributed by atoms with Crippen LogP contribution >= 0.6 is 7.82 Å². The summed E-state index contributed by atoms with van der Waals surface area (Å²) in [6.45, 7) is 6.66. The standard InChI is InChI=1S/C73H127N2O7P/c1-7-10-13-16-19-22-25-27-29-31-33-35-36-37-38-40-42-44-46-48-51-54-57-60-63-66-73(77)82-71(64-61-58-55-52-49-24-21-18-15-12-9-3)70(69-81-83(78,79)80-68-67-75(4,5)6)74-72(76)65-62-59-56-53-50-47-45-43-41-39-34-32-30-28-26-23-20-17-14-11-8-2/h11,14,19-20,22-23,27-30,33-35,39,43,45,50,53,61,64,70-71H,7-10,12-13,15-18,21,24-26,31-32,36-38,40-42,44,46-49,51-52,54-60,62-63,65-69H2,1-6H3,(H-,74,76,78,79)/b14-11-,22-19-,23-20-,29-27-,30-28-,35-33-,39-34-,45-43-,53-50-,64-61+. The number of nitrogens with one attached hydrogen (secondary N) is 1. The second kappa shape index (κ2) is 61.5. The molecule has 476 valence electrons. The molecule has 0 saturated carbocycles. The Labute approximate surface area is 512 Å². The first-order valence-corrected chi connectivity index (χ1v) is 35.3. The molecular formula is C73H127N2O7P. The van der Waals surface area contributed by atoms with E-state index in [0.717, 1.165) is 109 Å². The molecular weight excluding hydrogens is 1050 g/mol. The van der Waals surface area contributed by atoms with Crippen molar-refractivity contribution >= 4 is 19.7 Å². The van der Waals surface area contributed by atoms with Crippen molar-refractivity contribution in [1.29, 1.82) is 0 Å². The van der Waals surface area contributed by atoms with Crippen molar-refractivity contribution in [2.24, 2.45) is 0 Å².